The SMILES string of the molecule is CC/C(=C\c1ccc(CO)o1)CC[C@@H](O)C1=C(C)C[C@H]2C(=O)N(C)C(=O)[C@H]2[C@H]1CO. The average Bonchev–Trinajstić information content (AvgIpc) is 3.28. The average molecular weight is 418 g/mol. The predicted octanol–water partition coefficient (Wildman–Crippen LogP) is 2.27. The molecule has 7 nitrogen and oxygen atoms in total. The van der Waals surface area contributed by atoms with Crippen molar-refractivity contribution in [1.82, 2.24) is 4.90 Å². The minimum Gasteiger partial charge on any atom is -0.459 e. The number of imide groups is 1. The summed E-state index contributed by atoms with van der Waals surface area (Å²) in [4.78, 5) is 26.1. The summed E-state index contributed by atoms with van der Waals surface area (Å²) in [6, 6.07) is 3.52. The molecule has 3 rings (SSSR count). The predicted molar refractivity (Wildman–Crippen MR) is 111 cm³/mol. The molecule has 2 heterocycles. The highest BCUT2D eigenvalue weighted by Gasteiger charge is 2.53. The third-order valence-electron chi connectivity index (χ3n) is 6.48. The van der Waals surface area contributed by atoms with Crippen LogP contribution in [0, 0.1) is 17.8 Å². The second-order valence-electron chi connectivity index (χ2n) is 8.27. The standard InChI is InChI=1S/C23H31NO6/c1-4-14(10-15-6-7-16(11-25)30-15)5-8-19(27)20-13(2)9-17-21(18(20)12-26)23(29)24(3)22(17)28/h6-7,10,17-19,21,25-27H,4-5,8-9,11-12H2,1-3H3/b14-10+/t17-,18+,19-,21-/m1/s1. The molecule has 4 atom stereocenters. The summed E-state index contributed by atoms with van der Waals surface area (Å²) in [7, 11) is 1.48. The maximum Gasteiger partial charge on any atom is 0.233 e. The second kappa shape index (κ2) is 9.29. The first-order valence-corrected chi connectivity index (χ1v) is 10.5. The van der Waals surface area contributed by atoms with Crippen LogP contribution >= 0.6 is 0 Å². The Kier molecular flexibility index (Phi) is 6.95. The van der Waals surface area contributed by atoms with E-state index in [4.69, 9.17) is 9.52 Å². The number of nitrogens with zero attached hydrogens (tertiary/aromatic N) is 1. The van der Waals surface area contributed by atoms with Gasteiger partial charge < -0.3 is 19.7 Å². The first kappa shape index (κ1) is 22.5. The number of amides is 2. The van der Waals surface area contributed by atoms with Gasteiger partial charge in [-0.25, -0.2) is 0 Å². The van der Waals surface area contributed by atoms with E-state index in [1.165, 1.54) is 7.05 Å². The molecule has 7 heteroatoms. The third-order valence-corrected chi connectivity index (χ3v) is 6.48. The molecule has 1 aromatic heterocycles. The molecule has 1 fully saturated rings. The van der Waals surface area contributed by atoms with Crippen LogP contribution in [0.25, 0.3) is 6.08 Å². The number of hydrogen-bond donors (Lipinski definition) is 3. The summed E-state index contributed by atoms with van der Waals surface area (Å²) in [6.07, 6.45) is 3.42. The van der Waals surface area contributed by atoms with Gasteiger partial charge in [0.05, 0.1) is 24.5 Å². The van der Waals surface area contributed by atoms with E-state index >= 15 is 0 Å². The highest BCUT2D eigenvalue weighted by Crippen LogP contribution is 2.45. The van der Waals surface area contributed by atoms with Gasteiger partial charge >= 0.3 is 0 Å². The maximum absolute atomic E-state index is 12.6. The Hall–Kier alpha value is -2.22. The lowest BCUT2D eigenvalue weighted by Crippen LogP contribution is -2.38. The summed E-state index contributed by atoms with van der Waals surface area (Å²) < 4.78 is 5.51. The molecule has 2 aliphatic rings. The van der Waals surface area contributed by atoms with Gasteiger partial charge in [-0.1, -0.05) is 18.1 Å². The minimum absolute atomic E-state index is 0.150. The van der Waals surface area contributed by atoms with E-state index < -0.39 is 23.9 Å². The van der Waals surface area contributed by atoms with Crippen LogP contribution in [0.2, 0.25) is 0 Å². The van der Waals surface area contributed by atoms with Crippen LogP contribution in [0.1, 0.15) is 51.1 Å². The van der Waals surface area contributed by atoms with E-state index in [1.807, 2.05) is 19.9 Å². The maximum atomic E-state index is 12.6. The van der Waals surface area contributed by atoms with Gasteiger partial charge in [-0.15, -0.1) is 0 Å². The molecule has 0 bridgehead atoms. The monoisotopic (exact) mass is 417 g/mol. The summed E-state index contributed by atoms with van der Waals surface area (Å²) in [5.41, 5.74) is 2.68. The van der Waals surface area contributed by atoms with Gasteiger partial charge in [0.25, 0.3) is 0 Å². The number of carbonyl (C=O) groups is 2. The van der Waals surface area contributed by atoms with Crippen LogP contribution in [-0.2, 0) is 16.2 Å². The largest absolute Gasteiger partial charge is 0.459 e. The van der Waals surface area contributed by atoms with E-state index in [2.05, 4.69) is 0 Å². The first-order chi connectivity index (χ1) is 14.3. The molecule has 0 radical (unpaired) electrons. The van der Waals surface area contributed by atoms with Crippen LogP contribution in [-0.4, -0.2) is 51.8 Å². The van der Waals surface area contributed by atoms with Crippen molar-refractivity contribution < 1.29 is 29.3 Å². The Morgan fingerprint density at radius 3 is 2.63 bits per heavy atom. The van der Waals surface area contributed by atoms with Gasteiger partial charge in [0, 0.05) is 13.0 Å². The quantitative estimate of drug-likeness (QED) is 0.442. The summed E-state index contributed by atoms with van der Waals surface area (Å²) in [5.74, 6) is -0.885. The number of rotatable bonds is 8. The molecule has 0 spiro atoms. The molecule has 1 saturated heterocycles. The second-order valence-corrected chi connectivity index (χ2v) is 8.27. The normalized spacial score (nSPS) is 25.9. The van der Waals surface area contributed by atoms with Crippen LogP contribution in [0.3, 0.4) is 0 Å². The molecular formula is C23H31NO6. The van der Waals surface area contributed by atoms with Crippen molar-refractivity contribution in [1.29, 1.82) is 0 Å². The number of fused-ring (bicyclic) bond motifs is 1. The molecule has 1 aromatic rings. The highest BCUT2D eigenvalue weighted by molar-refractivity contribution is 6.05. The van der Waals surface area contributed by atoms with Crippen LogP contribution in [0.5, 0.6) is 0 Å². The van der Waals surface area contributed by atoms with Crippen molar-refractivity contribution in [3.63, 3.8) is 0 Å². The Morgan fingerprint density at radius 1 is 1.30 bits per heavy atom. The number of furan rings is 1. The zero-order valence-corrected chi connectivity index (χ0v) is 17.8. The molecule has 30 heavy (non-hydrogen) atoms. The van der Waals surface area contributed by atoms with Crippen molar-refractivity contribution in [3.05, 3.63) is 40.4 Å². The highest BCUT2D eigenvalue weighted by atomic mass is 16.4. The van der Waals surface area contributed by atoms with Gasteiger partial charge in [-0.05, 0) is 56.4 Å². The van der Waals surface area contributed by atoms with E-state index in [0.717, 1.165) is 22.5 Å². The molecule has 0 unspecified atom stereocenters. The first-order valence-electron chi connectivity index (χ1n) is 10.5. The van der Waals surface area contributed by atoms with Crippen LogP contribution in [0.15, 0.2) is 33.3 Å². The van der Waals surface area contributed by atoms with E-state index in [1.54, 1.807) is 12.1 Å². The van der Waals surface area contributed by atoms with Crippen molar-refractivity contribution in [2.24, 2.45) is 17.8 Å². The molecule has 1 aliphatic heterocycles. The topological polar surface area (TPSA) is 111 Å². The summed E-state index contributed by atoms with van der Waals surface area (Å²) in [6.45, 7) is 3.48. The molecule has 3 N–H and O–H groups in total. The minimum atomic E-state index is -0.795. The number of hydrogen-bond acceptors (Lipinski definition) is 6. The van der Waals surface area contributed by atoms with E-state index in [9.17, 15) is 19.8 Å². The zero-order valence-electron chi connectivity index (χ0n) is 17.8. The number of likely N-dealkylation sites (tertiary alicyclic amines) is 1. The van der Waals surface area contributed by atoms with Gasteiger partial charge in [0.15, 0.2) is 0 Å². The van der Waals surface area contributed by atoms with Crippen molar-refractivity contribution in [3.8, 4) is 0 Å². The Labute approximate surface area is 176 Å². The lowest BCUT2D eigenvalue weighted by atomic mass is 9.68. The number of allylic oxidation sites excluding steroid dienone is 2. The fourth-order valence-electron chi connectivity index (χ4n) is 4.86. The lowest BCUT2D eigenvalue weighted by molar-refractivity contribution is -0.138. The fourth-order valence-corrected chi connectivity index (χ4v) is 4.86. The van der Waals surface area contributed by atoms with E-state index in [-0.39, 0.29) is 25.0 Å². The van der Waals surface area contributed by atoms with E-state index in [0.29, 0.717) is 36.4 Å². The molecule has 1 aliphatic carbocycles. The molecular weight excluding hydrogens is 386 g/mol. The molecule has 0 aromatic carbocycles. The van der Waals surface area contributed by atoms with Crippen molar-refractivity contribution in [2.45, 2.75) is 52.2 Å². The number of carbonyl (C=O) groups excluding carboxylic acids is 2. The smallest absolute Gasteiger partial charge is 0.233 e. The third kappa shape index (κ3) is 4.15. The van der Waals surface area contributed by atoms with Crippen LogP contribution in [0.4, 0.5) is 0 Å². The zero-order chi connectivity index (χ0) is 22.0. The van der Waals surface area contributed by atoms with Gasteiger partial charge in [0.1, 0.15) is 18.1 Å². The van der Waals surface area contributed by atoms with Gasteiger partial charge in [0.2, 0.25) is 11.8 Å². The lowest BCUT2D eigenvalue weighted by Gasteiger charge is -2.35. The Balaban J connectivity index is 1.75. The molecule has 0 saturated carbocycles. The fraction of sp³-hybridized carbons (Fsp3) is 0.565. The summed E-state index contributed by atoms with van der Waals surface area (Å²) in [5, 5.41) is 30.1. The number of aliphatic hydroxyl groups is 3. The Morgan fingerprint density at radius 2 is 2.03 bits per heavy atom. The summed E-state index contributed by atoms with van der Waals surface area (Å²) >= 11 is 0. The molecule has 164 valence electrons. The van der Waals surface area contributed by atoms with Gasteiger partial charge in [-0.3, -0.25) is 14.5 Å². The van der Waals surface area contributed by atoms with Crippen molar-refractivity contribution in [2.75, 3.05) is 13.7 Å². The Bertz CT molecular complexity index is 867. The van der Waals surface area contributed by atoms with Gasteiger partial charge in [-0.2, -0.15) is 0 Å². The van der Waals surface area contributed by atoms with Crippen LogP contribution < -0.4 is 0 Å². The number of aliphatic hydroxyl groups excluding tert-OH is 3. The van der Waals surface area contributed by atoms with Crippen molar-refractivity contribution >= 4 is 17.9 Å². The molecule has 2 amide bonds.